The minimum atomic E-state index is -1.14. The van der Waals surface area contributed by atoms with Crippen LogP contribution in [-0.4, -0.2) is 67.9 Å². The van der Waals surface area contributed by atoms with Crippen LogP contribution in [0.25, 0.3) is 0 Å². The third-order valence-corrected chi connectivity index (χ3v) is 6.78. The second kappa shape index (κ2) is 11.3. The number of likely N-dealkylation sites (tertiary alicyclic amines) is 2. The standard InChI is InChI=1S/C25H27N5O4.C2H6/c31-23(32)21-7-12-30(27-21)24(33)29-14-9-25(10-15-29)8-13-28(18-25)17-19-4-3-5-20(16-19)34-22-6-1-2-11-26-22;1-2/h1-7,11-12,16H,8-10,13-15,17-18H2,(H,31,32);1-2H3. The fraction of sp³-hybridized carbons (Fsp3) is 0.407. The molecule has 0 unspecified atom stereocenters. The summed E-state index contributed by atoms with van der Waals surface area (Å²) in [5.74, 6) is 0.223. The van der Waals surface area contributed by atoms with Gasteiger partial charge in [0, 0.05) is 44.6 Å². The zero-order valence-electron chi connectivity index (χ0n) is 20.8. The first-order valence-electron chi connectivity index (χ1n) is 12.5. The molecule has 0 bridgehead atoms. The van der Waals surface area contributed by atoms with Gasteiger partial charge in [-0.05, 0) is 61.1 Å². The van der Waals surface area contributed by atoms with Gasteiger partial charge in [0.2, 0.25) is 5.88 Å². The van der Waals surface area contributed by atoms with Crippen molar-refractivity contribution in [2.24, 2.45) is 5.41 Å². The molecule has 9 heteroatoms. The van der Waals surface area contributed by atoms with E-state index in [1.807, 2.05) is 44.2 Å². The van der Waals surface area contributed by atoms with Crippen molar-refractivity contribution in [3.05, 3.63) is 72.2 Å². The van der Waals surface area contributed by atoms with Crippen molar-refractivity contribution < 1.29 is 19.4 Å². The van der Waals surface area contributed by atoms with E-state index in [1.54, 1.807) is 11.1 Å². The Morgan fingerprint density at radius 2 is 1.81 bits per heavy atom. The van der Waals surface area contributed by atoms with E-state index in [9.17, 15) is 9.59 Å². The van der Waals surface area contributed by atoms with Gasteiger partial charge in [0.15, 0.2) is 5.69 Å². The van der Waals surface area contributed by atoms with Gasteiger partial charge in [-0.15, -0.1) is 0 Å². The predicted molar refractivity (Wildman–Crippen MR) is 135 cm³/mol. The van der Waals surface area contributed by atoms with Crippen LogP contribution in [0.1, 0.15) is 49.2 Å². The maximum absolute atomic E-state index is 12.7. The van der Waals surface area contributed by atoms with Crippen LogP contribution < -0.4 is 4.74 Å². The Morgan fingerprint density at radius 1 is 1.03 bits per heavy atom. The number of carboxylic acids is 1. The van der Waals surface area contributed by atoms with Gasteiger partial charge in [0.05, 0.1) is 0 Å². The summed E-state index contributed by atoms with van der Waals surface area (Å²) in [6.45, 7) is 8.20. The molecule has 1 aromatic carbocycles. The molecule has 2 aliphatic heterocycles. The number of rotatable bonds is 5. The van der Waals surface area contributed by atoms with Gasteiger partial charge in [0.25, 0.3) is 0 Å². The number of ether oxygens (including phenoxy) is 1. The topological polar surface area (TPSA) is 101 Å². The van der Waals surface area contributed by atoms with E-state index in [-0.39, 0.29) is 17.1 Å². The maximum Gasteiger partial charge on any atom is 0.356 e. The van der Waals surface area contributed by atoms with Crippen LogP contribution in [0.4, 0.5) is 4.79 Å². The number of aromatic nitrogens is 3. The third kappa shape index (κ3) is 5.91. The zero-order valence-corrected chi connectivity index (χ0v) is 20.8. The number of benzene rings is 1. The average molecular weight is 492 g/mol. The summed E-state index contributed by atoms with van der Waals surface area (Å²) in [7, 11) is 0. The summed E-state index contributed by atoms with van der Waals surface area (Å²) in [5, 5.41) is 12.9. The van der Waals surface area contributed by atoms with E-state index in [0.717, 1.165) is 49.3 Å². The number of pyridine rings is 1. The van der Waals surface area contributed by atoms with E-state index < -0.39 is 5.97 Å². The highest BCUT2D eigenvalue weighted by Crippen LogP contribution is 2.41. The smallest absolute Gasteiger partial charge is 0.356 e. The van der Waals surface area contributed by atoms with E-state index in [4.69, 9.17) is 9.84 Å². The Morgan fingerprint density at radius 3 is 2.50 bits per heavy atom. The van der Waals surface area contributed by atoms with Gasteiger partial charge in [0.1, 0.15) is 5.75 Å². The van der Waals surface area contributed by atoms with Gasteiger partial charge < -0.3 is 14.7 Å². The van der Waals surface area contributed by atoms with E-state index in [0.29, 0.717) is 19.0 Å². The molecular formula is C27H33N5O4. The first-order chi connectivity index (χ1) is 17.5. The summed E-state index contributed by atoms with van der Waals surface area (Å²) in [4.78, 5) is 32.2. The molecule has 1 amide bonds. The molecule has 2 aromatic heterocycles. The lowest BCUT2D eigenvalue weighted by atomic mass is 9.78. The molecule has 2 aliphatic rings. The van der Waals surface area contributed by atoms with Crippen molar-refractivity contribution in [3.63, 3.8) is 0 Å². The third-order valence-electron chi connectivity index (χ3n) is 6.78. The van der Waals surface area contributed by atoms with Crippen LogP contribution in [0.2, 0.25) is 0 Å². The minimum Gasteiger partial charge on any atom is -0.476 e. The second-order valence-corrected chi connectivity index (χ2v) is 9.10. The number of aromatic carboxylic acids is 1. The van der Waals surface area contributed by atoms with E-state index >= 15 is 0 Å². The van der Waals surface area contributed by atoms with Gasteiger partial charge in [-0.3, -0.25) is 4.90 Å². The second-order valence-electron chi connectivity index (χ2n) is 9.10. The predicted octanol–water partition coefficient (Wildman–Crippen LogP) is 4.75. The number of carboxylic acid groups (broad SMARTS) is 1. The van der Waals surface area contributed by atoms with Crippen molar-refractivity contribution >= 4 is 12.0 Å². The monoisotopic (exact) mass is 491 g/mol. The average Bonchev–Trinajstić information content (AvgIpc) is 3.54. The van der Waals surface area contributed by atoms with Gasteiger partial charge in [-0.25, -0.2) is 14.6 Å². The normalized spacial score (nSPS) is 16.9. The van der Waals surface area contributed by atoms with Crippen LogP contribution in [-0.2, 0) is 6.54 Å². The lowest BCUT2D eigenvalue weighted by molar-refractivity contribution is 0.0689. The van der Waals surface area contributed by atoms with Crippen molar-refractivity contribution in [2.45, 2.75) is 39.7 Å². The molecule has 2 saturated heterocycles. The molecule has 0 saturated carbocycles. The Bertz CT molecular complexity index is 1170. The molecule has 36 heavy (non-hydrogen) atoms. The Hall–Kier alpha value is -3.72. The van der Waals surface area contributed by atoms with Gasteiger partial charge >= 0.3 is 12.0 Å². The van der Waals surface area contributed by atoms with Gasteiger partial charge in [-0.2, -0.15) is 9.78 Å². The largest absolute Gasteiger partial charge is 0.476 e. The summed E-state index contributed by atoms with van der Waals surface area (Å²) in [5.41, 5.74) is 1.30. The minimum absolute atomic E-state index is 0.122. The highest BCUT2D eigenvalue weighted by molar-refractivity contribution is 5.86. The van der Waals surface area contributed by atoms with E-state index in [1.165, 1.54) is 17.8 Å². The molecule has 0 radical (unpaired) electrons. The highest BCUT2D eigenvalue weighted by Gasteiger charge is 2.41. The summed E-state index contributed by atoms with van der Waals surface area (Å²) in [6.07, 6.45) is 6.11. The summed E-state index contributed by atoms with van der Waals surface area (Å²) < 4.78 is 7.00. The molecule has 1 spiro atoms. The van der Waals surface area contributed by atoms with Crippen LogP contribution in [0.3, 0.4) is 0 Å². The SMILES string of the molecule is CC.O=C(O)c1ccn(C(=O)N2CCC3(CCN(Cc4cccc(Oc5ccccn5)c4)C3)CC2)n1. The van der Waals surface area contributed by atoms with Crippen molar-refractivity contribution in [2.75, 3.05) is 26.2 Å². The highest BCUT2D eigenvalue weighted by atomic mass is 16.5. The fourth-order valence-electron chi connectivity index (χ4n) is 4.93. The zero-order chi connectivity index (χ0) is 25.5. The number of hydrogen-bond acceptors (Lipinski definition) is 6. The lowest BCUT2D eigenvalue weighted by Gasteiger charge is -2.39. The molecule has 0 aliphatic carbocycles. The summed E-state index contributed by atoms with van der Waals surface area (Å²) >= 11 is 0. The number of carbonyl (C=O) groups excluding carboxylic acids is 1. The molecule has 9 nitrogen and oxygen atoms in total. The molecule has 2 fully saturated rings. The Labute approximate surface area is 211 Å². The molecular weight excluding hydrogens is 458 g/mol. The quantitative estimate of drug-likeness (QED) is 0.550. The lowest BCUT2D eigenvalue weighted by Crippen LogP contribution is -2.45. The van der Waals surface area contributed by atoms with E-state index in [2.05, 4.69) is 27.1 Å². The van der Waals surface area contributed by atoms with Gasteiger partial charge in [-0.1, -0.05) is 32.0 Å². The maximum atomic E-state index is 12.7. The number of hydrogen-bond donors (Lipinski definition) is 1. The number of nitrogens with zero attached hydrogens (tertiary/aromatic N) is 5. The number of amides is 1. The van der Waals surface area contributed by atoms with Crippen LogP contribution in [0.15, 0.2) is 60.9 Å². The van der Waals surface area contributed by atoms with Crippen molar-refractivity contribution in [1.82, 2.24) is 24.6 Å². The number of carbonyl (C=O) groups is 2. The fourth-order valence-corrected chi connectivity index (χ4v) is 4.93. The Balaban J connectivity index is 0.00000148. The molecule has 5 rings (SSSR count). The van der Waals surface area contributed by atoms with Crippen LogP contribution in [0.5, 0.6) is 11.6 Å². The van der Waals surface area contributed by atoms with Crippen LogP contribution >= 0.6 is 0 Å². The van der Waals surface area contributed by atoms with Crippen molar-refractivity contribution in [3.8, 4) is 11.6 Å². The van der Waals surface area contributed by atoms with Crippen molar-refractivity contribution in [1.29, 1.82) is 0 Å². The first-order valence-corrected chi connectivity index (χ1v) is 12.5. The Kier molecular flexibility index (Phi) is 8.00. The molecule has 3 aromatic rings. The first kappa shape index (κ1) is 25.4. The summed E-state index contributed by atoms with van der Waals surface area (Å²) in [6, 6.07) is 14.8. The molecule has 190 valence electrons. The molecule has 1 N–H and O–H groups in total. The number of piperidine rings is 1. The molecule has 4 heterocycles. The molecule has 0 atom stereocenters. The van der Waals surface area contributed by atoms with Crippen LogP contribution in [0, 0.1) is 5.41 Å².